The van der Waals surface area contributed by atoms with Crippen LogP contribution >= 0.6 is 0 Å². The van der Waals surface area contributed by atoms with E-state index in [0.717, 1.165) is 34.8 Å². The summed E-state index contributed by atoms with van der Waals surface area (Å²) in [5.74, 6) is -1.15. The Labute approximate surface area is 207 Å². The molecule has 190 valence electrons. The second-order valence-electron chi connectivity index (χ2n) is 8.82. The monoisotopic (exact) mass is 500 g/mol. The molecule has 0 atom stereocenters. The van der Waals surface area contributed by atoms with E-state index in [1.54, 1.807) is 7.11 Å². The number of ether oxygens (including phenoxy) is 1. The summed E-state index contributed by atoms with van der Waals surface area (Å²) in [6.07, 6.45) is -2.33. The molecule has 0 bridgehead atoms. The minimum absolute atomic E-state index is 0.136. The van der Waals surface area contributed by atoms with Gasteiger partial charge in [0.1, 0.15) is 5.75 Å². The summed E-state index contributed by atoms with van der Waals surface area (Å²) in [5, 5.41) is 2.91. The van der Waals surface area contributed by atoms with Crippen LogP contribution in [0, 0.1) is 6.92 Å². The highest BCUT2D eigenvalue weighted by Crippen LogP contribution is 2.35. The number of benzene rings is 2. The molecule has 0 radical (unpaired) electrons. The zero-order valence-electron chi connectivity index (χ0n) is 20.0. The van der Waals surface area contributed by atoms with Gasteiger partial charge in [-0.1, -0.05) is 24.3 Å². The van der Waals surface area contributed by atoms with Crippen molar-refractivity contribution in [1.29, 1.82) is 0 Å². The Morgan fingerprint density at radius 3 is 2.42 bits per heavy atom. The topological polar surface area (TPSA) is 71.8 Å². The number of halogens is 3. The number of rotatable bonds is 6. The molecule has 6 nitrogen and oxygen atoms in total. The van der Waals surface area contributed by atoms with Gasteiger partial charge in [0.2, 0.25) is 11.7 Å². The molecule has 0 spiro atoms. The second-order valence-corrected chi connectivity index (χ2v) is 8.82. The number of nitrogens with zero attached hydrogens (tertiary/aromatic N) is 1. The number of nitrogens with one attached hydrogen (secondary N) is 1. The molecule has 9 heteroatoms. The quantitative estimate of drug-likeness (QED) is 0.463. The fourth-order valence-electron chi connectivity index (χ4n) is 4.57. The predicted octanol–water partition coefficient (Wildman–Crippen LogP) is 5.82. The molecule has 2 aromatic carbocycles. The zero-order chi connectivity index (χ0) is 25.9. The maximum absolute atomic E-state index is 13.1. The number of likely N-dealkylation sites (tertiary alicyclic amines) is 1. The number of piperidine rings is 1. The molecule has 0 unspecified atom stereocenters. The minimum atomic E-state index is -4.71. The van der Waals surface area contributed by atoms with Gasteiger partial charge in [-0.15, -0.1) is 0 Å². The first-order chi connectivity index (χ1) is 17.2. The number of methoxy groups -OCH3 is 1. The van der Waals surface area contributed by atoms with Gasteiger partial charge in [-0.25, -0.2) is 0 Å². The van der Waals surface area contributed by atoms with Crippen molar-refractivity contribution < 1.29 is 31.9 Å². The van der Waals surface area contributed by atoms with Crippen molar-refractivity contribution in [2.45, 2.75) is 38.3 Å². The van der Waals surface area contributed by atoms with Gasteiger partial charge in [-0.2, -0.15) is 13.2 Å². The number of carbonyl (C=O) groups excluding carboxylic acids is 2. The van der Waals surface area contributed by atoms with E-state index in [1.165, 1.54) is 4.90 Å². The molecule has 0 aliphatic carbocycles. The zero-order valence-corrected chi connectivity index (χ0v) is 20.0. The Kier molecular flexibility index (Phi) is 7.37. The molecule has 36 heavy (non-hydrogen) atoms. The Hall–Kier alpha value is -3.75. The fourth-order valence-corrected chi connectivity index (χ4v) is 4.57. The molecule has 1 N–H and O–H groups in total. The van der Waals surface area contributed by atoms with Crippen LogP contribution in [0.15, 0.2) is 59.2 Å². The fraction of sp³-hybridized carbons (Fsp3) is 0.333. The summed E-state index contributed by atoms with van der Waals surface area (Å²) in [4.78, 5) is 26.6. The Morgan fingerprint density at radius 1 is 1.08 bits per heavy atom. The van der Waals surface area contributed by atoms with E-state index >= 15 is 0 Å². The molecular formula is C27H27F3N2O4. The third-order valence-electron chi connectivity index (χ3n) is 6.57. The summed E-state index contributed by atoms with van der Waals surface area (Å²) < 4.78 is 49.0. The number of hydrogen-bond donors (Lipinski definition) is 1. The molecule has 1 aliphatic rings. The maximum atomic E-state index is 13.1. The van der Waals surface area contributed by atoms with Crippen LogP contribution in [0.5, 0.6) is 5.75 Å². The van der Waals surface area contributed by atoms with Crippen LogP contribution < -0.4 is 10.1 Å². The van der Waals surface area contributed by atoms with E-state index in [-0.39, 0.29) is 18.2 Å². The summed E-state index contributed by atoms with van der Waals surface area (Å²) >= 11 is 0. The van der Waals surface area contributed by atoms with Gasteiger partial charge >= 0.3 is 6.18 Å². The van der Waals surface area contributed by atoms with E-state index < -0.39 is 23.4 Å². The second kappa shape index (κ2) is 10.5. The van der Waals surface area contributed by atoms with Crippen molar-refractivity contribution in [2.24, 2.45) is 0 Å². The van der Waals surface area contributed by atoms with Gasteiger partial charge in [-0.3, -0.25) is 9.59 Å². The summed E-state index contributed by atoms with van der Waals surface area (Å²) in [6, 6.07) is 14.2. The molecule has 1 aliphatic heterocycles. The first-order valence-electron chi connectivity index (χ1n) is 11.6. The lowest BCUT2D eigenvalue weighted by molar-refractivity contribution is -0.153. The summed E-state index contributed by atoms with van der Waals surface area (Å²) in [5.41, 5.74) is 3.10. The molecular weight excluding hydrogens is 473 g/mol. The minimum Gasteiger partial charge on any atom is -0.496 e. The maximum Gasteiger partial charge on any atom is 0.450 e. The SMILES string of the molecule is COc1cccc(CC(=O)Nc2ccc(C3CCN(C(=O)c4ccoc4C(F)(F)F)CC3)cc2)c1C. The first kappa shape index (κ1) is 25.3. The Bertz CT molecular complexity index is 1230. The third-order valence-corrected chi connectivity index (χ3v) is 6.57. The largest absolute Gasteiger partial charge is 0.496 e. The highest BCUT2D eigenvalue weighted by Gasteiger charge is 2.40. The molecule has 4 rings (SSSR count). The number of alkyl halides is 3. The van der Waals surface area contributed by atoms with Crippen LogP contribution in [-0.2, 0) is 17.4 Å². The summed E-state index contributed by atoms with van der Waals surface area (Å²) in [7, 11) is 1.60. The Balaban J connectivity index is 1.32. The average molecular weight is 501 g/mol. The van der Waals surface area contributed by atoms with E-state index in [9.17, 15) is 22.8 Å². The summed E-state index contributed by atoms with van der Waals surface area (Å²) in [6.45, 7) is 2.62. The van der Waals surface area contributed by atoms with Gasteiger partial charge in [0.05, 0.1) is 25.4 Å². The number of hydrogen-bond acceptors (Lipinski definition) is 4. The van der Waals surface area contributed by atoms with Crippen LogP contribution in [0.1, 0.15) is 51.6 Å². The van der Waals surface area contributed by atoms with Gasteiger partial charge in [0, 0.05) is 18.8 Å². The van der Waals surface area contributed by atoms with Gasteiger partial charge in [0.15, 0.2) is 0 Å². The molecule has 3 aromatic rings. The predicted molar refractivity (Wildman–Crippen MR) is 128 cm³/mol. The van der Waals surface area contributed by atoms with Crippen LogP contribution in [0.4, 0.5) is 18.9 Å². The molecule has 1 fully saturated rings. The van der Waals surface area contributed by atoms with Crippen LogP contribution in [0.2, 0.25) is 0 Å². The van der Waals surface area contributed by atoms with E-state index in [0.29, 0.717) is 31.6 Å². The average Bonchev–Trinajstić information content (AvgIpc) is 3.36. The molecule has 1 saturated heterocycles. The molecule has 2 amide bonds. The van der Waals surface area contributed by atoms with Gasteiger partial charge in [0.25, 0.3) is 5.91 Å². The lowest BCUT2D eigenvalue weighted by Crippen LogP contribution is -2.38. The normalized spacial score (nSPS) is 14.5. The number of amides is 2. The molecule has 0 saturated carbocycles. The van der Waals surface area contributed by atoms with E-state index in [4.69, 9.17) is 4.74 Å². The van der Waals surface area contributed by atoms with Crippen molar-refractivity contribution in [3.8, 4) is 5.75 Å². The van der Waals surface area contributed by atoms with Crippen molar-refractivity contribution in [2.75, 3.05) is 25.5 Å². The number of anilines is 1. The highest BCUT2D eigenvalue weighted by molar-refractivity contribution is 5.95. The lowest BCUT2D eigenvalue weighted by Gasteiger charge is -2.32. The third kappa shape index (κ3) is 5.56. The van der Waals surface area contributed by atoms with Crippen molar-refractivity contribution in [3.05, 3.63) is 82.8 Å². The molecule has 2 heterocycles. The van der Waals surface area contributed by atoms with Crippen molar-refractivity contribution in [3.63, 3.8) is 0 Å². The van der Waals surface area contributed by atoms with E-state index in [1.807, 2.05) is 49.4 Å². The first-order valence-corrected chi connectivity index (χ1v) is 11.6. The highest BCUT2D eigenvalue weighted by atomic mass is 19.4. The van der Waals surface area contributed by atoms with Crippen LogP contribution in [-0.4, -0.2) is 36.9 Å². The number of carbonyl (C=O) groups is 2. The van der Waals surface area contributed by atoms with Crippen molar-refractivity contribution in [1.82, 2.24) is 4.90 Å². The Morgan fingerprint density at radius 2 is 1.78 bits per heavy atom. The number of furan rings is 1. The lowest BCUT2D eigenvalue weighted by atomic mass is 9.89. The van der Waals surface area contributed by atoms with Crippen molar-refractivity contribution >= 4 is 17.5 Å². The van der Waals surface area contributed by atoms with E-state index in [2.05, 4.69) is 9.73 Å². The molecule has 1 aromatic heterocycles. The van der Waals surface area contributed by atoms with Gasteiger partial charge < -0.3 is 19.4 Å². The van der Waals surface area contributed by atoms with Gasteiger partial charge in [-0.05, 0) is 66.6 Å². The smallest absolute Gasteiger partial charge is 0.450 e. The standard InChI is InChI=1S/C27H27F3N2O4/c1-17-20(4-3-5-23(17)35-2)16-24(33)31-21-8-6-18(7-9-21)19-10-13-32(14-11-19)26(34)22-12-15-36-25(22)27(28,29)30/h3-9,12,15,19H,10-11,13-14,16H2,1-2H3,(H,31,33). The van der Waals surface area contributed by atoms with Crippen LogP contribution in [0.3, 0.4) is 0 Å². The van der Waals surface area contributed by atoms with Crippen LogP contribution in [0.25, 0.3) is 0 Å².